The first-order valence-corrected chi connectivity index (χ1v) is 6.08. The predicted octanol–water partition coefficient (Wildman–Crippen LogP) is 3.52. The summed E-state index contributed by atoms with van der Waals surface area (Å²) >= 11 is 0. The first-order valence-electron chi connectivity index (χ1n) is 6.08. The monoisotopic (exact) mass is 269 g/mol. The molecule has 100 valence electrons. The van der Waals surface area contributed by atoms with Crippen molar-refractivity contribution in [3.05, 3.63) is 54.5 Å². The van der Waals surface area contributed by atoms with E-state index in [1.54, 1.807) is 12.3 Å². The molecule has 0 saturated heterocycles. The molecule has 0 unspecified atom stereocenters. The van der Waals surface area contributed by atoms with Gasteiger partial charge in [-0.1, -0.05) is 12.1 Å². The molecule has 0 fully saturated rings. The van der Waals surface area contributed by atoms with Crippen molar-refractivity contribution in [1.82, 2.24) is 9.97 Å². The first kappa shape index (κ1) is 12.3. The molecule has 1 N–H and O–H groups in total. The van der Waals surface area contributed by atoms with Crippen LogP contribution < -0.4 is 10.1 Å². The highest BCUT2D eigenvalue weighted by molar-refractivity contribution is 5.76. The van der Waals surface area contributed by atoms with E-state index in [9.17, 15) is 4.39 Å². The van der Waals surface area contributed by atoms with Crippen molar-refractivity contribution in [2.75, 3.05) is 12.4 Å². The van der Waals surface area contributed by atoms with Crippen LogP contribution in [0.2, 0.25) is 0 Å². The van der Waals surface area contributed by atoms with Crippen LogP contribution in [0.5, 0.6) is 5.75 Å². The summed E-state index contributed by atoms with van der Waals surface area (Å²) in [5.41, 5.74) is 2.15. The second-order valence-electron chi connectivity index (χ2n) is 4.25. The molecule has 0 bridgehead atoms. The van der Waals surface area contributed by atoms with Crippen LogP contribution in [0.15, 0.2) is 48.7 Å². The van der Waals surface area contributed by atoms with E-state index in [2.05, 4.69) is 15.3 Å². The number of fused-ring (bicyclic) bond motifs is 1. The third-order valence-corrected chi connectivity index (χ3v) is 2.83. The lowest BCUT2D eigenvalue weighted by Gasteiger charge is -2.08. The summed E-state index contributed by atoms with van der Waals surface area (Å²) in [6.07, 6.45) is 1.61. The average Bonchev–Trinajstić information content (AvgIpc) is 2.46. The Morgan fingerprint density at radius 1 is 1.10 bits per heavy atom. The normalized spacial score (nSPS) is 10.5. The Hall–Kier alpha value is -2.69. The van der Waals surface area contributed by atoms with Gasteiger partial charge >= 0.3 is 0 Å². The van der Waals surface area contributed by atoms with Gasteiger partial charge in [-0.3, -0.25) is 4.98 Å². The SMILES string of the molecule is COc1cc(F)cc(Nc2cnc3ccccc3n2)c1. The summed E-state index contributed by atoms with van der Waals surface area (Å²) in [5.74, 6) is 0.623. The van der Waals surface area contributed by atoms with Gasteiger partial charge in [-0.25, -0.2) is 9.37 Å². The first-order chi connectivity index (χ1) is 9.74. The second-order valence-corrected chi connectivity index (χ2v) is 4.25. The number of nitrogens with zero attached hydrogens (tertiary/aromatic N) is 2. The third-order valence-electron chi connectivity index (χ3n) is 2.83. The molecular weight excluding hydrogens is 257 g/mol. The molecule has 0 aliphatic heterocycles. The lowest BCUT2D eigenvalue weighted by Crippen LogP contribution is -1.96. The van der Waals surface area contributed by atoms with E-state index in [1.165, 1.54) is 19.2 Å². The van der Waals surface area contributed by atoms with Crippen LogP contribution in [0.1, 0.15) is 0 Å². The zero-order chi connectivity index (χ0) is 13.9. The van der Waals surface area contributed by atoms with Crippen molar-refractivity contribution in [2.45, 2.75) is 0 Å². The fraction of sp³-hybridized carbons (Fsp3) is 0.0667. The number of para-hydroxylation sites is 2. The van der Waals surface area contributed by atoms with Crippen LogP contribution in [0.3, 0.4) is 0 Å². The number of nitrogens with one attached hydrogen (secondary N) is 1. The van der Waals surface area contributed by atoms with Crippen molar-refractivity contribution >= 4 is 22.5 Å². The lowest BCUT2D eigenvalue weighted by atomic mass is 10.3. The second kappa shape index (κ2) is 5.13. The zero-order valence-electron chi connectivity index (χ0n) is 10.8. The molecule has 0 saturated carbocycles. The third kappa shape index (κ3) is 2.51. The Morgan fingerprint density at radius 3 is 2.70 bits per heavy atom. The van der Waals surface area contributed by atoms with Gasteiger partial charge in [-0.05, 0) is 18.2 Å². The maximum absolute atomic E-state index is 13.4. The minimum absolute atomic E-state index is 0.374. The number of methoxy groups -OCH3 is 1. The Bertz CT molecular complexity index is 761. The number of benzene rings is 2. The number of hydrogen-bond donors (Lipinski definition) is 1. The largest absolute Gasteiger partial charge is 0.497 e. The molecule has 1 heterocycles. The summed E-state index contributed by atoms with van der Waals surface area (Å²) in [5, 5.41) is 3.02. The van der Waals surface area contributed by atoms with E-state index in [4.69, 9.17) is 4.74 Å². The molecule has 0 aliphatic carbocycles. The molecule has 0 radical (unpaired) electrons. The molecule has 0 atom stereocenters. The van der Waals surface area contributed by atoms with E-state index in [0.29, 0.717) is 17.3 Å². The zero-order valence-corrected chi connectivity index (χ0v) is 10.8. The van der Waals surface area contributed by atoms with Crippen molar-refractivity contribution in [2.24, 2.45) is 0 Å². The number of halogens is 1. The summed E-state index contributed by atoms with van der Waals surface area (Å²) in [4.78, 5) is 8.71. The smallest absolute Gasteiger partial charge is 0.149 e. The van der Waals surface area contributed by atoms with E-state index < -0.39 is 0 Å². The van der Waals surface area contributed by atoms with Gasteiger partial charge in [0.05, 0.1) is 24.3 Å². The van der Waals surface area contributed by atoms with E-state index in [0.717, 1.165) is 11.0 Å². The summed E-state index contributed by atoms with van der Waals surface area (Å²) in [7, 11) is 1.49. The molecular formula is C15H12FN3O. The maximum atomic E-state index is 13.4. The number of rotatable bonds is 3. The van der Waals surface area contributed by atoms with E-state index in [-0.39, 0.29) is 5.82 Å². The van der Waals surface area contributed by atoms with Crippen LogP contribution >= 0.6 is 0 Å². The molecule has 0 aliphatic rings. The van der Waals surface area contributed by atoms with Crippen LogP contribution in [0.25, 0.3) is 11.0 Å². The standard InChI is InChI=1S/C15H12FN3O/c1-20-12-7-10(16)6-11(8-12)18-15-9-17-13-4-2-3-5-14(13)19-15/h2-9H,1H3,(H,18,19). The minimum atomic E-state index is -0.374. The highest BCUT2D eigenvalue weighted by Gasteiger charge is 2.03. The van der Waals surface area contributed by atoms with Gasteiger partial charge in [0.25, 0.3) is 0 Å². The van der Waals surface area contributed by atoms with Crippen molar-refractivity contribution in [3.8, 4) is 5.75 Å². The predicted molar refractivity (Wildman–Crippen MR) is 75.8 cm³/mol. The van der Waals surface area contributed by atoms with Crippen molar-refractivity contribution < 1.29 is 9.13 Å². The van der Waals surface area contributed by atoms with Gasteiger partial charge in [0.2, 0.25) is 0 Å². The summed E-state index contributed by atoms with van der Waals surface area (Å²) < 4.78 is 18.4. The van der Waals surface area contributed by atoms with Gasteiger partial charge in [-0.15, -0.1) is 0 Å². The molecule has 3 rings (SSSR count). The Balaban J connectivity index is 1.94. The lowest BCUT2D eigenvalue weighted by molar-refractivity contribution is 0.411. The molecule has 1 aromatic heterocycles. The van der Waals surface area contributed by atoms with E-state index in [1.807, 2.05) is 24.3 Å². The Kier molecular flexibility index (Phi) is 3.16. The number of hydrogen-bond acceptors (Lipinski definition) is 4. The molecule has 0 spiro atoms. The van der Waals surface area contributed by atoms with Crippen LogP contribution in [-0.4, -0.2) is 17.1 Å². The van der Waals surface area contributed by atoms with E-state index >= 15 is 0 Å². The fourth-order valence-corrected chi connectivity index (χ4v) is 1.92. The number of aromatic nitrogens is 2. The van der Waals surface area contributed by atoms with Crippen molar-refractivity contribution in [1.29, 1.82) is 0 Å². The topological polar surface area (TPSA) is 47.0 Å². The van der Waals surface area contributed by atoms with Crippen LogP contribution in [0, 0.1) is 5.82 Å². The van der Waals surface area contributed by atoms with Crippen LogP contribution in [0.4, 0.5) is 15.9 Å². The van der Waals surface area contributed by atoms with Crippen LogP contribution in [-0.2, 0) is 0 Å². The highest BCUT2D eigenvalue weighted by Crippen LogP contribution is 2.23. The summed E-state index contributed by atoms with van der Waals surface area (Å²) in [6.45, 7) is 0. The van der Waals surface area contributed by atoms with Crippen molar-refractivity contribution in [3.63, 3.8) is 0 Å². The molecule has 4 nitrogen and oxygen atoms in total. The van der Waals surface area contributed by atoms with Gasteiger partial charge in [0.1, 0.15) is 17.4 Å². The average molecular weight is 269 g/mol. The quantitative estimate of drug-likeness (QED) is 0.790. The fourth-order valence-electron chi connectivity index (χ4n) is 1.92. The molecule has 2 aromatic carbocycles. The maximum Gasteiger partial charge on any atom is 0.149 e. The summed E-state index contributed by atoms with van der Waals surface area (Å²) in [6, 6.07) is 11.9. The van der Waals surface area contributed by atoms with Gasteiger partial charge in [0.15, 0.2) is 0 Å². The van der Waals surface area contributed by atoms with Gasteiger partial charge < -0.3 is 10.1 Å². The van der Waals surface area contributed by atoms with Gasteiger partial charge in [0, 0.05) is 17.8 Å². The molecule has 20 heavy (non-hydrogen) atoms. The van der Waals surface area contributed by atoms with Gasteiger partial charge in [-0.2, -0.15) is 0 Å². The number of anilines is 2. The minimum Gasteiger partial charge on any atom is -0.497 e. The Morgan fingerprint density at radius 2 is 1.90 bits per heavy atom. The Labute approximate surface area is 115 Å². The highest BCUT2D eigenvalue weighted by atomic mass is 19.1. The molecule has 3 aromatic rings. The molecule has 5 heteroatoms. The molecule has 0 amide bonds. The number of ether oxygens (including phenoxy) is 1.